The van der Waals surface area contributed by atoms with Crippen LogP contribution in [0.4, 0.5) is 0 Å². The summed E-state index contributed by atoms with van der Waals surface area (Å²) in [5.74, 6) is -0.762. The lowest BCUT2D eigenvalue weighted by Crippen LogP contribution is -2.18. The van der Waals surface area contributed by atoms with Gasteiger partial charge in [-0.05, 0) is 6.42 Å². The number of carbonyl (C=O) groups is 1. The Balaban J connectivity index is 3.75. The Morgan fingerprint density at radius 2 is 2.18 bits per heavy atom. The SMILES string of the molecule is C=C(C(=O)OCCC)C(O)O. The molecule has 0 bridgehead atoms. The Labute approximate surface area is 65.1 Å². The summed E-state index contributed by atoms with van der Waals surface area (Å²) < 4.78 is 4.56. The van der Waals surface area contributed by atoms with Gasteiger partial charge in [0.2, 0.25) is 0 Å². The average molecular weight is 160 g/mol. The maximum absolute atomic E-state index is 10.7. The molecule has 0 unspecified atom stereocenters. The molecule has 0 aliphatic carbocycles. The highest BCUT2D eigenvalue weighted by molar-refractivity contribution is 5.88. The van der Waals surface area contributed by atoms with Gasteiger partial charge in [-0.3, -0.25) is 0 Å². The Bertz CT molecular complexity index is 151. The summed E-state index contributed by atoms with van der Waals surface area (Å²) in [4.78, 5) is 10.7. The van der Waals surface area contributed by atoms with Crippen molar-refractivity contribution in [2.75, 3.05) is 6.61 Å². The lowest BCUT2D eigenvalue weighted by atomic mass is 10.3. The first-order valence-corrected chi connectivity index (χ1v) is 3.31. The van der Waals surface area contributed by atoms with Crippen molar-refractivity contribution >= 4 is 5.97 Å². The van der Waals surface area contributed by atoms with Crippen molar-refractivity contribution in [3.63, 3.8) is 0 Å². The minimum Gasteiger partial charge on any atom is -0.462 e. The first-order chi connectivity index (χ1) is 5.09. The molecule has 64 valence electrons. The highest BCUT2D eigenvalue weighted by atomic mass is 16.5. The van der Waals surface area contributed by atoms with Gasteiger partial charge in [0.15, 0.2) is 6.29 Å². The Kier molecular flexibility index (Phi) is 4.49. The third-order valence-electron chi connectivity index (χ3n) is 1.01. The third kappa shape index (κ3) is 3.75. The normalized spacial score (nSPS) is 9.82. The van der Waals surface area contributed by atoms with Gasteiger partial charge in [-0.15, -0.1) is 0 Å². The van der Waals surface area contributed by atoms with Gasteiger partial charge < -0.3 is 14.9 Å². The second-order valence-electron chi connectivity index (χ2n) is 2.03. The number of carbonyl (C=O) groups excluding carboxylic acids is 1. The molecule has 0 atom stereocenters. The predicted octanol–water partition coefficient (Wildman–Crippen LogP) is -0.194. The molecule has 0 fully saturated rings. The topological polar surface area (TPSA) is 66.8 Å². The largest absolute Gasteiger partial charge is 0.462 e. The number of rotatable bonds is 4. The lowest BCUT2D eigenvalue weighted by Gasteiger charge is -2.06. The zero-order chi connectivity index (χ0) is 8.85. The third-order valence-corrected chi connectivity index (χ3v) is 1.01. The molecule has 4 heteroatoms. The van der Waals surface area contributed by atoms with Gasteiger partial charge in [-0.2, -0.15) is 0 Å². The molecule has 0 spiro atoms. The van der Waals surface area contributed by atoms with E-state index in [1.807, 2.05) is 6.92 Å². The van der Waals surface area contributed by atoms with E-state index in [1.54, 1.807) is 0 Å². The number of hydrogen-bond acceptors (Lipinski definition) is 4. The minimum atomic E-state index is -1.82. The van der Waals surface area contributed by atoms with E-state index in [-0.39, 0.29) is 12.2 Å². The van der Waals surface area contributed by atoms with E-state index in [1.165, 1.54) is 0 Å². The van der Waals surface area contributed by atoms with Gasteiger partial charge in [-0.25, -0.2) is 4.79 Å². The van der Waals surface area contributed by atoms with Crippen LogP contribution < -0.4 is 0 Å². The summed E-state index contributed by atoms with van der Waals surface area (Å²) in [6, 6.07) is 0. The molecular weight excluding hydrogens is 148 g/mol. The molecule has 0 aliphatic heterocycles. The van der Waals surface area contributed by atoms with Crippen LogP contribution in [0, 0.1) is 0 Å². The van der Waals surface area contributed by atoms with E-state index in [0.717, 1.165) is 0 Å². The fraction of sp³-hybridized carbons (Fsp3) is 0.571. The second-order valence-corrected chi connectivity index (χ2v) is 2.03. The molecule has 0 saturated carbocycles. The summed E-state index contributed by atoms with van der Waals surface area (Å²) in [6.07, 6.45) is -1.13. The van der Waals surface area contributed by atoms with Gasteiger partial charge in [0.1, 0.15) is 0 Å². The van der Waals surface area contributed by atoms with E-state index in [0.29, 0.717) is 6.42 Å². The molecule has 11 heavy (non-hydrogen) atoms. The van der Waals surface area contributed by atoms with Crippen LogP contribution in [-0.4, -0.2) is 29.1 Å². The first-order valence-electron chi connectivity index (χ1n) is 3.31. The van der Waals surface area contributed by atoms with Crippen LogP contribution in [0.2, 0.25) is 0 Å². The molecule has 0 aliphatic rings. The number of ether oxygens (including phenoxy) is 1. The van der Waals surface area contributed by atoms with Gasteiger partial charge in [0.05, 0.1) is 12.2 Å². The summed E-state index contributed by atoms with van der Waals surface area (Å²) in [6.45, 7) is 5.24. The molecule has 0 radical (unpaired) electrons. The molecule has 0 aromatic rings. The number of aliphatic hydroxyl groups excluding tert-OH is 1. The van der Waals surface area contributed by atoms with Crippen molar-refractivity contribution in [3.05, 3.63) is 12.2 Å². The molecule has 0 heterocycles. The van der Waals surface area contributed by atoms with Crippen LogP contribution >= 0.6 is 0 Å². The molecule has 2 N–H and O–H groups in total. The monoisotopic (exact) mass is 160 g/mol. The predicted molar refractivity (Wildman–Crippen MR) is 38.6 cm³/mol. The number of esters is 1. The average Bonchev–Trinajstić information content (AvgIpc) is 1.98. The van der Waals surface area contributed by atoms with Crippen molar-refractivity contribution in [3.8, 4) is 0 Å². The van der Waals surface area contributed by atoms with E-state index in [9.17, 15) is 4.79 Å². The highest BCUT2D eigenvalue weighted by Crippen LogP contribution is 1.99. The van der Waals surface area contributed by atoms with Crippen LogP contribution in [0.5, 0.6) is 0 Å². The Morgan fingerprint density at radius 1 is 1.64 bits per heavy atom. The maximum Gasteiger partial charge on any atom is 0.338 e. The van der Waals surface area contributed by atoms with Crippen LogP contribution in [-0.2, 0) is 9.53 Å². The smallest absolute Gasteiger partial charge is 0.338 e. The summed E-state index contributed by atoms with van der Waals surface area (Å²) in [5.41, 5.74) is -0.335. The zero-order valence-corrected chi connectivity index (χ0v) is 6.41. The van der Waals surface area contributed by atoms with E-state index < -0.39 is 12.3 Å². The first kappa shape index (κ1) is 10.1. The molecule has 0 amide bonds. The maximum atomic E-state index is 10.7. The molecule has 4 nitrogen and oxygen atoms in total. The van der Waals surface area contributed by atoms with Crippen LogP contribution in [0.25, 0.3) is 0 Å². The van der Waals surface area contributed by atoms with Crippen molar-refractivity contribution in [1.82, 2.24) is 0 Å². The van der Waals surface area contributed by atoms with Gasteiger partial charge >= 0.3 is 5.97 Å². The number of aliphatic hydroxyl groups is 2. The highest BCUT2D eigenvalue weighted by Gasteiger charge is 2.14. The fourth-order valence-electron chi connectivity index (χ4n) is 0.393. The molecule has 0 rings (SSSR count). The van der Waals surface area contributed by atoms with Gasteiger partial charge in [0, 0.05) is 0 Å². The molecule has 0 aromatic carbocycles. The second kappa shape index (κ2) is 4.87. The zero-order valence-electron chi connectivity index (χ0n) is 6.41. The van der Waals surface area contributed by atoms with Gasteiger partial charge in [-0.1, -0.05) is 13.5 Å². The van der Waals surface area contributed by atoms with Crippen molar-refractivity contribution in [1.29, 1.82) is 0 Å². The molecule has 0 saturated heterocycles. The fourth-order valence-corrected chi connectivity index (χ4v) is 0.393. The van der Waals surface area contributed by atoms with E-state index >= 15 is 0 Å². The summed E-state index contributed by atoms with van der Waals surface area (Å²) in [5, 5.41) is 16.9. The van der Waals surface area contributed by atoms with Crippen molar-refractivity contribution in [2.45, 2.75) is 19.6 Å². The quantitative estimate of drug-likeness (QED) is 0.340. The molecular formula is C7H12O4. The van der Waals surface area contributed by atoms with E-state index in [4.69, 9.17) is 10.2 Å². The van der Waals surface area contributed by atoms with Gasteiger partial charge in [0.25, 0.3) is 0 Å². The van der Waals surface area contributed by atoms with Crippen LogP contribution in [0.15, 0.2) is 12.2 Å². The summed E-state index contributed by atoms with van der Waals surface area (Å²) in [7, 11) is 0. The minimum absolute atomic E-state index is 0.268. The standard InChI is InChI=1S/C7H12O4/c1-3-4-11-7(10)5(2)6(8)9/h6,8-9H,2-4H2,1H3. The van der Waals surface area contributed by atoms with Crippen molar-refractivity contribution in [2.24, 2.45) is 0 Å². The van der Waals surface area contributed by atoms with Crippen molar-refractivity contribution < 1.29 is 19.7 Å². The summed E-state index contributed by atoms with van der Waals surface area (Å²) >= 11 is 0. The van der Waals surface area contributed by atoms with E-state index in [2.05, 4.69) is 11.3 Å². The van der Waals surface area contributed by atoms with Crippen LogP contribution in [0.3, 0.4) is 0 Å². The van der Waals surface area contributed by atoms with Crippen LogP contribution in [0.1, 0.15) is 13.3 Å². The number of hydrogen-bond donors (Lipinski definition) is 2. The molecule has 0 aromatic heterocycles. The Morgan fingerprint density at radius 3 is 2.55 bits per heavy atom. The Hall–Kier alpha value is -0.870. The lowest BCUT2D eigenvalue weighted by molar-refractivity contribution is -0.142.